The molecule has 0 heterocycles. The summed E-state index contributed by atoms with van der Waals surface area (Å²) in [7, 11) is 0. The zero-order valence-corrected chi connectivity index (χ0v) is 11.5. The van der Waals surface area contributed by atoms with Gasteiger partial charge in [-0.1, -0.05) is 20.8 Å². The number of benzene rings is 1. The van der Waals surface area contributed by atoms with Crippen LogP contribution in [0.25, 0.3) is 0 Å². The van der Waals surface area contributed by atoms with Crippen LogP contribution in [0.4, 0.5) is 0 Å². The molecule has 1 aromatic carbocycles. The molecule has 0 aliphatic heterocycles. The summed E-state index contributed by atoms with van der Waals surface area (Å²) in [5.74, 6) is 0.00123. The van der Waals surface area contributed by atoms with Gasteiger partial charge in [0, 0.05) is 15.7 Å². The molecule has 1 rings (SSSR count). The van der Waals surface area contributed by atoms with Gasteiger partial charge in [0.2, 0.25) is 0 Å². The number of nitrogens with one attached hydrogen (secondary N) is 1. The van der Waals surface area contributed by atoms with Crippen LogP contribution in [-0.2, 0) is 0 Å². The zero-order chi connectivity index (χ0) is 11.5. The maximum absolute atomic E-state index is 11.7. The fourth-order valence-corrected chi connectivity index (χ4v) is 1.41. The first-order valence-corrected chi connectivity index (χ1v) is 6.00. The Kier molecular flexibility index (Phi) is 4.13. The van der Waals surface area contributed by atoms with E-state index in [0.717, 1.165) is 9.13 Å². The number of hydrogen-bond acceptors (Lipinski definition) is 1. The SMILES string of the molecule is CC(C)(C)CNC(=O)c1ccc(I)cc1. The number of carbonyl (C=O) groups excluding carboxylic acids is 1. The Morgan fingerprint density at radius 3 is 2.27 bits per heavy atom. The van der Waals surface area contributed by atoms with Gasteiger partial charge in [-0.2, -0.15) is 0 Å². The summed E-state index contributed by atoms with van der Waals surface area (Å²) in [6, 6.07) is 7.57. The van der Waals surface area contributed by atoms with Crippen molar-refractivity contribution in [3.63, 3.8) is 0 Å². The molecule has 0 aliphatic carbocycles. The molecular weight excluding hydrogens is 301 g/mol. The van der Waals surface area contributed by atoms with E-state index >= 15 is 0 Å². The third-order valence-electron chi connectivity index (χ3n) is 1.89. The van der Waals surface area contributed by atoms with E-state index < -0.39 is 0 Å². The Hall–Kier alpha value is -0.580. The van der Waals surface area contributed by atoms with Crippen molar-refractivity contribution in [2.75, 3.05) is 6.54 Å². The molecule has 0 aliphatic rings. The number of hydrogen-bond donors (Lipinski definition) is 1. The molecule has 2 nitrogen and oxygen atoms in total. The Bertz CT molecular complexity index is 338. The number of rotatable bonds is 2. The molecule has 0 saturated carbocycles. The third kappa shape index (κ3) is 4.64. The summed E-state index contributed by atoms with van der Waals surface area (Å²) < 4.78 is 1.14. The molecule has 0 saturated heterocycles. The van der Waals surface area contributed by atoms with Crippen LogP contribution >= 0.6 is 22.6 Å². The molecule has 1 N–H and O–H groups in total. The van der Waals surface area contributed by atoms with Crippen molar-refractivity contribution < 1.29 is 4.79 Å². The van der Waals surface area contributed by atoms with E-state index in [4.69, 9.17) is 0 Å². The Balaban J connectivity index is 2.58. The molecule has 1 amide bonds. The van der Waals surface area contributed by atoms with E-state index in [2.05, 4.69) is 48.7 Å². The molecule has 0 aromatic heterocycles. The summed E-state index contributed by atoms with van der Waals surface area (Å²) in [4.78, 5) is 11.7. The number of carbonyl (C=O) groups is 1. The van der Waals surface area contributed by atoms with Gasteiger partial charge in [0.1, 0.15) is 0 Å². The minimum atomic E-state index is 0.00123. The van der Waals surface area contributed by atoms with Crippen molar-refractivity contribution in [1.29, 1.82) is 0 Å². The number of amides is 1. The molecule has 1 aromatic rings. The first kappa shape index (κ1) is 12.5. The van der Waals surface area contributed by atoms with Crippen LogP contribution in [0.3, 0.4) is 0 Å². The second-order valence-corrected chi connectivity index (χ2v) is 6.00. The molecule has 0 radical (unpaired) electrons. The van der Waals surface area contributed by atoms with Gasteiger partial charge < -0.3 is 5.32 Å². The predicted molar refractivity (Wildman–Crippen MR) is 70.9 cm³/mol. The Labute approximate surface area is 105 Å². The van der Waals surface area contributed by atoms with Crippen molar-refractivity contribution in [2.24, 2.45) is 5.41 Å². The van der Waals surface area contributed by atoms with Gasteiger partial charge in [-0.05, 0) is 52.3 Å². The van der Waals surface area contributed by atoms with Crippen LogP contribution in [0.15, 0.2) is 24.3 Å². The van der Waals surface area contributed by atoms with Crippen molar-refractivity contribution >= 4 is 28.5 Å². The zero-order valence-electron chi connectivity index (χ0n) is 9.30. The highest BCUT2D eigenvalue weighted by atomic mass is 127. The topological polar surface area (TPSA) is 29.1 Å². The summed E-state index contributed by atoms with van der Waals surface area (Å²) in [6.45, 7) is 6.99. The van der Waals surface area contributed by atoms with Crippen LogP contribution in [0, 0.1) is 8.99 Å². The summed E-state index contributed by atoms with van der Waals surface area (Å²) in [6.07, 6.45) is 0. The lowest BCUT2D eigenvalue weighted by Gasteiger charge is -2.18. The molecule has 3 heteroatoms. The van der Waals surface area contributed by atoms with Gasteiger partial charge in [-0.25, -0.2) is 0 Å². The largest absolute Gasteiger partial charge is 0.352 e. The van der Waals surface area contributed by atoms with Crippen LogP contribution in [-0.4, -0.2) is 12.5 Å². The van der Waals surface area contributed by atoms with Crippen molar-refractivity contribution in [1.82, 2.24) is 5.32 Å². The van der Waals surface area contributed by atoms with Crippen molar-refractivity contribution in [3.05, 3.63) is 33.4 Å². The molecule has 0 bridgehead atoms. The maximum atomic E-state index is 11.7. The first-order valence-electron chi connectivity index (χ1n) is 4.92. The van der Waals surface area contributed by atoms with E-state index in [1.54, 1.807) is 0 Å². The van der Waals surface area contributed by atoms with E-state index in [-0.39, 0.29) is 11.3 Å². The maximum Gasteiger partial charge on any atom is 0.251 e. The molecule has 0 spiro atoms. The quantitative estimate of drug-likeness (QED) is 0.835. The lowest BCUT2D eigenvalue weighted by molar-refractivity contribution is 0.0939. The second-order valence-electron chi connectivity index (χ2n) is 4.75. The molecule has 82 valence electrons. The van der Waals surface area contributed by atoms with Crippen LogP contribution in [0.1, 0.15) is 31.1 Å². The first-order chi connectivity index (χ1) is 6.88. The highest BCUT2D eigenvalue weighted by molar-refractivity contribution is 14.1. The Morgan fingerprint density at radius 2 is 1.80 bits per heavy atom. The fourth-order valence-electron chi connectivity index (χ4n) is 1.05. The smallest absolute Gasteiger partial charge is 0.251 e. The van der Waals surface area contributed by atoms with Gasteiger partial charge in [-0.3, -0.25) is 4.79 Å². The van der Waals surface area contributed by atoms with Crippen molar-refractivity contribution in [3.8, 4) is 0 Å². The minimum absolute atomic E-state index is 0.00123. The highest BCUT2D eigenvalue weighted by Gasteiger charge is 2.12. The summed E-state index contributed by atoms with van der Waals surface area (Å²) in [5, 5.41) is 2.92. The van der Waals surface area contributed by atoms with Crippen LogP contribution < -0.4 is 5.32 Å². The molecular formula is C12H16INO. The molecule has 0 fully saturated rings. The molecule has 0 unspecified atom stereocenters. The van der Waals surface area contributed by atoms with E-state index in [0.29, 0.717) is 6.54 Å². The Morgan fingerprint density at radius 1 is 1.27 bits per heavy atom. The average molecular weight is 317 g/mol. The fraction of sp³-hybridized carbons (Fsp3) is 0.417. The van der Waals surface area contributed by atoms with Crippen LogP contribution in [0.5, 0.6) is 0 Å². The van der Waals surface area contributed by atoms with Gasteiger partial charge >= 0.3 is 0 Å². The normalized spacial score (nSPS) is 11.2. The highest BCUT2D eigenvalue weighted by Crippen LogP contribution is 2.11. The number of halogens is 1. The van der Waals surface area contributed by atoms with Gasteiger partial charge in [-0.15, -0.1) is 0 Å². The molecule has 0 atom stereocenters. The van der Waals surface area contributed by atoms with E-state index in [9.17, 15) is 4.79 Å². The lowest BCUT2D eigenvalue weighted by Crippen LogP contribution is -2.32. The van der Waals surface area contributed by atoms with Crippen LogP contribution in [0.2, 0.25) is 0 Å². The third-order valence-corrected chi connectivity index (χ3v) is 2.60. The summed E-state index contributed by atoms with van der Waals surface area (Å²) >= 11 is 2.22. The molecule has 15 heavy (non-hydrogen) atoms. The summed E-state index contributed by atoms with van der Waals surface area (Å²) in [5.41, 5.74) is 0.846. The van der Waals surface area contributed by atoms with E-state index in [1.165, 1.54) is 0 Å². The average Bonchev–Trinajstić information content (AvgIpc) is 2.14. The predicted octanol–water partition coefficient (Wildman–Crippen LogP) is 3.07. The second kappa shape index (κ2) is 4.96. The minimum Gasteiger partial charge on any atom is -0.352 e. The lowest BCUT2D eigenvalue weighted by atomic mass is 9.97. The van der Waals surface area contributed by atoms with Gasteiger partial charge in [0.25, 0.3) is 5.91 Å². The monoisotopic (exact) mass is 317 g/mol. The van der Waals surface area contributed by atoms with Gasteiger partial charge in [0.05, 0.1) is 0 Å². The van der Waals surface area contributed by atoms with E-state index in [1.807, 2.05) is 24.3 Å². The standard InChI is InChI=1S/C12H16INO/c1-12(2,3)8-14-11(15)9-4-6-10(13)7-5-9/h4-7H,8H2,1-3H3,(H,14,15). The van der Waals surface area contributed by atoms with Gasteiger partial charge in [0.15, 0.2) is 0 Å². The van der Waals surface area contributed by atoms with Crippen molar-refractivity contribution in [2.45, 2.75) is 20.8 Å².